The van der Waals surface area contributed by atoms with Crippen molar-refractivity contribution in [1.29, 1.82) is 0 Å². The lowest BCUT2D eigenvalue weighted by Crippen LogP contribution is -2.38. The molecular weight excluding hydrogens is 378 g/mol. The van der Waals surface area contributed by atoms with Gasteiger partial charge < -0.3 is 14.8 Å². The highest BCUT2D eigenvalue weighted by Gasteiger charge is 2.21. The van der Waals surface area contributed by atoms with Gasteiger partial charge in [-0.15, -0.1) is 0 Å². The molecule has 1 aromatic heterocycles. The van der Waals surface area contributed by atoms with Gasteiger partial charge in [0.05, 0.1) is 24.8 Å². The number of carbonyl (C=O) groups is 1. The third-order valence-electron chi connectivity index (χ3n) is 4.52. The number of aromatic nitrogens is 1. The quantitative estimate of drug-likeness (QED) is 0.648. The van der Waals surface area contributed by atoms with E-state index in [1.54, 1.807) is 19.2 Å². The first kappa shape index (κ1) is 22.0. The summed E-state index contributed by atoms with van der Waals surface area (Å²) in [6.45, 7) is 8.66. The number of hydrogen-bond acceptors (Lipinski definition) is 5. The molecule has 0 aliphatic carbocycles. The van der Waals surface area contributed by atoms with Crippen molar-refractivity contribution in [3.05, 3.63) is 52.7 Å². The summed E-state index contributed by atoms with van der Waals surface area (Å²) in [5.74, 6) is 0.840. The molecule has 0 spiro atoms. The van der Waals surface area contributed by atoms with E-state index in [1.165, 1.54) is 0 Å². The first-order valence-electron chi connectivity index (χ1n) is 9.49. The maximum atomic E-state index is 12.7. The lowest BCUT2D eigenvalue weighted by atomic mass is 10.0. The molecule has 0 saturated heterocycles. The van der Waals surface area contributed by atoms with Crippen molar-refractivity contribution in [1.82, 2.24) is 15.2 Å². The van der Waals surface area contributed by atoms with Gasteiger partial charge in [-0.2, -0.15) is 0 Å². The minimum atomic E-state index is -0.327. The van der Waals surface area contributed by atoms with Crippen LogP contribution in [0.25, 0.3) is 0 Å². The Kier molecular flexibility index (Phi) is 8.54. The lowest BCUT2D eigenvalue weighted by Gasteiger charge is -2.30. The normalized spacial score (nSPS) is 11.9. The van der Waals surface area contributed by atoms with Gasteiger partial charge in [0.2, 0.25) is 5.88 Å². The molecule has 1 N–H and O–H groups in total. The van der Waals surface area contributed by atoms with E-state index in [2.05, 4.69) is 29.0 Å². The molecule has 28 heavy (non-hydrogen) atoms. The van der Waals surface area contributed by atoms with E-state index in [9.17, 15) is 4.79 Å². The van der Waals surface area contributed by atoms with Crippen LogP contribution in [0.3, 0.4) is 0 Å². The zero-order valence-corrected chi connectivity index (χ0v) is 17.6. The van der Waals surface area contributed by atoms with E-state index in [0.29, 0.717) is 24.1 Å². The molecule has 1 aromatic carbocycles. The average molecular weight is 406 g/mol. The highest BCUT2D eigenvalue weighted by molar-refractivity contribution is 6.33. The fourth-order valence-corrected chi connectivity index (χ4v) is 3.25. The summed E-state index contributed by atoms with van der Waals surface area (Å²) in [5, 5.41) is 3.26. The van der Waals surface area contributed by atoms with Gasteiger partial charge in [-0.1, -0.05) is 37.6 Å². The summed E-state index contributed by atoms with van der Waals surface area (Å²) in [4.78, 5) is 19.2. The molecule has 0 aliphatic rings. The number of rotatable bonds is 10. The van der Waals surface area contributed by atoms with E-state index in [-0.39, 0.29) is 17.6 Å². The van der Waals surface area contributed by atoms with Gasteiger partial charge in [0.15, 0.2) is 5.69 Å². The summed E-state index contributed by atoms with van der Waals surface area (Å²) >= 11 is 6.17. The molecule has 1 amide bonds. The van der Waals surface area contributed by atoms with Crippen LogP contribution in [0.1, 0.15) is 42.9 Å². The Morgan fingerprint density at radius 1 is 1.21 bits per heavy atom. The van der Waals surface area contributed by atoms with Gasteiger partial charge in [-0.25, -0.2) is 4.98 Å². The predicted molar refractivity (Wildman–Crippen MR) is 111 cm³/mol. The molecule has 6 nitrogen and oxygen atoms in total. The molecule has 0 aliphatic heterocycles. The Morgan fingerprint density at radius 3 is 2.61 bits per heavy atom. The van der Waals surface area contributed by atoms with Crippen molar-refractivity contribution in [2.45, 2.75) is 26.8 Å². The second-order valence-electron chi connectivity index (χ2n) is 6.14. The molecular formula is C21H28ClN3O3. The van der Waals surface area contributed by atoms with Gasteiger partial charge in [0.25, 0.3) is 5.91 Å². The van der Waals surface area contributed by atoms with Crippen LogP contribution in [0, 0.1) is 0 Å². The number of nitrogens with one attached hydrogen (secondary N) is 1. The third-order valence-corrected chi connectivity index (χ3v) is 4.82. The van der Waals surface area contributed by atoms with Crippen LogP contribution in [0.2, 0.25) is 5.02 Å². The highest BCUT2D eigenvalue weighted by atomic mass is 35.5. The lowest BCUT2D eigenvalue weighted by molar-refractivity contribution is 0.0929. The summed E-state index contributed by atoms with van der Waals surface area (Å²) in [7, 11) is 1.65. The number of ether oxygens (including phenoxy) is 2. The molecule has 1 atom stereocenters. The Labute approximate surface area is 171 Å². The Balaban J connectivity index is 2.21. The first-order chi connectivity index (χ1) is 13.5. The van der Waals surface area contributed by atoms with Crippen molar-refractivity contribution < 1.29 is 14.3 Å². The van der Waals surface area contributed by atoms with Crippen molar-refractivity contribution in [2.24, 2.45) is 0 Å². The van der Waals surface area contributed by atoms with Gasteiger partial charge in [-0.05, 0) is 43.8 Å². The van der Waals surface area contributed by atoms with Gasteiger partial charge in [0.1, 0.15) is 5.75 Å². The smallest absolute Gasteiger partial charge is 0.271 e. The van der Waals surface area contributed by atoms with E-state index in [1.807, 2.05) is 31.2 Å². The Bertz CT molecular complexity index is 781. The minimum Gasteiger partial charge on any atom is -0.497 e. The molecule has 7 heteroatoms. The van der Waals surface area contributed by atoms with Crippen molar-refractivity contribution in [3.63, 3.8) is 0 Å². The monoisotopic (exact) mass is 405 g/mol. The van der Waals surface area contributed by atoms with Crippen LogP contribution in [0.5, 0.6) is 11.6 Å². The fourth-order valence-electron chi connectivity index (χ4n) is 3.06. The number of carbonyl (C=O) groups excluding carboxylic acids is 1. The number of methoxy groups -OCH3 is 1. The summed E-state index contributed by atoms with van der Waals surface area (Å²) in [6, 6.07) is 11.2. The van der Waals surface area contributed by atoms with Crippen molar-refractivity contribution >= 4 is 17.5 Å². The molecule has 0 bridgehead atoms. The van der Waals surface area contributed by atoms with Crippen LogP contribution in [0.4, 0.5) is 0 Å². The number of halogens is 1. The topological polar surface area (TPSA) is 63.7 Å². The van der Waals surface area contributed by atoms with Crippen LogP contribution < -0.4 is 14.8 Å². The van der Waals surface area contributed by atoms with E-state index >= 15 is 0 Å². The molecule has 2 rings (SSSR count). The summed E-state index contributed by atoms with van der Waals surface area (Å²) in [5.41, 5.74) is 1.24. The second-order valence-corrected chi connectivity index (χ2v) is 6.54. The number of nitrogens with zero attached hydrogens (tertiary/aromatic N) is 2. The van der Waals surface area contributed by atoms with Crippen LogP contribution in [-0.4, -0.2) is 49.1 Å². The Morgan fingerprint density at radius 2 is 1.96 bits per heavy atom. The molecule has 152 valence electrons. The molecule has 0 saturated carbocycles. The number of likely N-dealkylation sites (N-methyl/N-ethyl adjacent to an activating group) is 1. The number of hydrogen-bond donors (Lipinski definition) is 1. The molecule has 1 unspecified atom stereocenters. The zero-order valence-electron chi connectivity index (χ0n) is 16.9. The molecule has 2 aromatic rings. The zero-order chi connectivity index (χ0) is 20.5. The summed E-state index contributed by atoms with van der Waals surface area (Å²) < 4.78 is 10.7. The average Bonchev–Trinajstić information content (AvgIpc) is 2.72. The predicted octanol–water partition coefficient (Wildman–Crippen LogP) is 3.96. The van der Waals surface area contributed by atoms with Crippen LogP contribution >= 0.6 is 11.6 Å². The maximum Gasteiger partial charge on any atom is 0.271 e. The maximum absolute atomic E-state index is 12.7. The largest absolute Gasteiger partial charge is 0.497 e. The number of amides is 1. The summed E-state index contributed by atoms with van der Waals surface area (Å²) in [6.07, 6.45) is 0. The minimum absolute atomic E-state index is 0.00269. The third kappa shape index (κ3) is 5.59. The van der Waals surface area contributed by atoms with E-state index in [4.69, 9.17) is 21.1 Å². The van der Waals surface area contributed by atoms with Gasteiger partial charge in [-0.3, -0.25) is 9.69 Å². The molecule has 0 fully saturated rings. The standard InChI is InChI=1S/C21H28ClN3O3/c1-5-25(6-2)18(15-9-8-10-16(13-15)27-4)14-23-21(26)20-17(22)11-12-19(24-20)28-7-3/h8-13,18H,5-7,14H2,1-4H3,(H,23,26). The fraction of sp³-hybridized carbons (Fsp3) is 0.429. The molecule has 1 heterocycles. The van der Waals surface area contributed by atoms with Gasteiger partial charge >= 0.3 is 0 Å². The number of pyridine rings is 1. The van der Waals surface area contributed by atoms with E-state index < -0.39 is 0 Å². The van der Waals surface area contributed by atoms with Crippen molar-refractivity contribution in [3.8, 4) is 11.6 Å². The van der Waals surface area contributed by atoms with Crippen LogP contribution in [0.15, 0.2) is 36.4 Å². The second kappa shape index (κ2) is 10.9. The molecule has 0 radical (unpaired) electrons. The highest BCUT2D eigenvalue weighted by Crippen LogP contribution is 2.24. The number of benzene rings is 1. The van der Waals surface area contributed by atoms with Crippen molar-refractivity contribution in [2.75, 3.05) is 33.4 Å². The first-order valence-corrected chi connectivity index (χ1v) is 9.87. The van der Waals surface area contributed by atoms with E-state index in [0.717, 1.165) is 24.4 Å². The Hall–Kier alpha value is -2.31. The van der Waals surface area contributed by atoms with Crippen LogP contribution in [-0.2, 0) is 0 Å². The SMILES string of the molecule is CCOc1ccc(Cl)c(C(=O)NCC(c2cccc(OC)c2)N(CC)CC)n1. The van der Waals surface area contributed by atoms with Gasteiger partial charge in [0, 0.05) is 12.6 Å².